The van der Waals surface area contributed by atoms with Crippen molar-refractivity contribution >= 4 is 29.2 Å². The van der Waals surface area contributed by atoms with Gasteiger partial charge in [-0.05, 0) is 28.5 Å². The molecule has 0 saturated heterocycles. The quantitative estimate of drug-likeness (QED) is 0.918. The number of tetrazole rings is 1. The van der Waals surface area contributed by atoms with Crippen molar-refractivity contribution in [2.24, 2.45) is 0 Å². The van der Waals surface area contributed by atoms with Gasteiger partial charge in [-0.2, -0.15) is 0 Å². The third-order valence-corrected chi connectivity index (χ3v) is 3.29. The summed E-state index contributed by atoms with van der Waals surface area (Å²) in [7, 11) is 0. The second kappa shape index (κ2) is 6.02. The van der Waals surface area contributed by atoms with Crippen LogP contribution in [0.2, 0.25) is 10.0 Å². The van der Waals surface area contributed by atoms with Gasteiger partial charge >= 0.3 is 0 Å². The first-order chi connectivity index (χ1) is 8.72. The Morgan fingerprint density at radius 1 is 1.33 bits per heavy atom. The lowest BCUT2D eigenvalue weighted by atomic mass is 10.2. The summed E-state index contributed by atoms with van der Waals surface area (Å²) in [6, 6.07) is 5.53. The predicted octanol–water partition coefficient (Wildman–Crippen LogP) is 3.00. The van der Waals surface area contributed by atoms with E-state index in [9.17, 15) is 0 Å². The minimum Gasteiger partial charge on any atom is -0.349 e. The van der Waals surface area contributed by atoms with E-state index in [0.717, 1.165) is 18.5 Å². The van der Waals surface area contributed by atoms with Crippen molar-refractivity contribution in [3.8, 4) is 0 Å². The van der Waals surface area contributed by atoms with Crippen molar-refractivity contribution in [3.05, 3.63) is 33.8 Å². The van der Waals surface area contributed by atoms with Crippen molar-refractivity contribution in [2.45, 2.75) is 26.4 Å². The zero-order valence-corrected chi connectivity index (χ0v) is 11.4. The van der Waals surface area contributed by atoms with Crippen LogP contribution < -0.4 is 5.32 Å². The molecule has 0 bridgehead atoms. The lowest BCUT2D eigenvalue weighted by molar-refractivity contribution is 0.582. The van der Waals surface area contributed by atoms with Crippen molar-refractivity contribution in [2.75, 3.05) is 5.32 Å². The Labute approximate surface area is 115 Å². The molecule has 96 valence electrons. The van der Waals surface area contributed by atoms with Crippen LogP contribution in [0.5, 0.6) is 0 Å². The molecule has 18 heavy (non-hydrogen) atoms. The van der Waals surface area contributed by atoms with Crippen LogP contribution in [-0.2, 0) is 13.1 Å². The van der Waals surface area contributed by atoms with Crippen LogP contribution >= 0.6 is 23.2 Å². The second-order valence-electron chi connectivity index (χ2n) is 3.79. The van der Waals surface area contributed by atoms with Gasteiger partial charge in [-0.25, -0.2) is 4.68 Å². The highest BCUT2D eigenvalue weighted by molar-refractivity contribution is 6.42. The van der Waals surface area contributed by atoms with E-state index in [1.807, 2.05) is 12.1 Å². The molecule has 5 nitrogen and oxygen atoms in total. The van der Waals surface area contributed by atoms with E-state index in [0.29, 0.717) is 22.5 Å². The minimum atomic E-state index is 0.531. The highest BCUT2D eigenvalue weighted by atomic mass is 35.5. The Kier molecular flexibility index (Phi) is 4.38. The van der Waals surface area contributed by atoms with Crippen LogP contribution in [0, 0.1) is 0 Å². The number of hydrogen-bond acceptors (Lipinski definition) is 4. The molecule has 0 radical (unpaired) electrons. The lowest BCUT2D eigenvalue weighted by Gasteiger charge is -2.08. The zero-order chi connectivity index (χ0) is 13.0. The molecule has 0 unspecified atom stereocenters. The van der Waals surface area contributed by atoms with Gasteiger partial charge in [-0.3, -0.25) is 0 Å². The maximum absolute atomic E-state index is 6.10. The van der Waals surface area contributed by atoms with Crippen molar-refractivity contribution in [1.82, 2.24) is 20.2 Å². The van der Waals surface area contributed by atoms with Crippen LogP contribution in [0.4, 0.5) is 5.95 Å². The molecule has 1 N–H and O–H groups in total. The van der Waals surface area contributed by atoms with Gasteiger partial charge in [0.1, 0.15) is 0 Å². The minimum absolute atomic E-state index is 0.531. The molecule has 2 aromatic rings. The summed E-state index contributed by atoms with van der Waals surface area (Å²) < 4.78 is 1.72. The summed E-state index contributed by atoms with van der Waals surface area (Å²) in [5, 5.41) is 15.7. The van der Waals surface area contributed by atoms with Crippen LogP contribution in [0.1, 0.15) is 18.9 Å². The molecule has 0 atom stereocenters. The molecular weight excluding hydrogens is 273 g/mol. The number of rotatable bonds is 5. The summed E-state index contributed by atoms with van der Waals surface area (Å²) in [5.41, 5.74) is 0.912. The largest absolute Gasteiger partial charge is 0.349 e. The normalized spacial score (nSPS) is 10.6. The summed E-state index contributed by atoms with van der Waals surface area (Å²) in [6.45, 7) is 3.38. The van der Waals surface area contributed by atoms with Crippen LogP contribution in [0.25, 0.3) is 0 Å². The maximum atomic E-state index is 6.10. The topological polar surface area (TPSA) is 55.6 Å². The van der Waals surface area contributed by atoms with Gasteiger partial charge in [0.2, 0.25) is 5.95 Å². The second-order valence-corrected chi connectivity index (χ2v) is 4.58. The van der Waals surface area contributed by atoms with Gasteiger partial charge < -0.3 is 5.32 Å². The Bertz CT molecular complexity index is 526. The molecule has 1 heterocycles. The number of anilines is 1. The first-order valence-electron chi connectivity index (χ1n) is 5.65. The molecule has 1 aromatic heterocycles. The van der Waals surface area contributed by atoms with Crippen molar-refractivity contribution in [3.63, 3.8) is 0 Å². The number of benzene rings is 1. The Balaban J connectivity index is 2.07. The molecule has 0 fully saturated rings. The smallest absolute Gasteiger partial charge is 0.243 e. The van der Waals surface area contributed by atoms with E-state index in [2.05, 4.69) is 27.8 Å². The number of nitrogens with zero attached hydrogens (tertiary/aromatic N) is 4. The van der Waals surface area contributed by atoms with Crippen LogP contribution in [0.15, 0.2) is 18.2 Å². The standard InChI is InChI=1S/C11H13Cl2N5/c1-2-6-18-11(15-16-17-18)14-7-8-4-3-5-9(12)10(8)13/h3-5H,2,6-7H2,1H3,(H,14,15,17). The van der Waals surface area contributed by atoms with E-state index in [-0.39, 0.29) is 0 Å². The van der Waals surface area contributed by atoms with Gasteiger partial charge in [0.25, 0.3) is 0 Å². The molecular formula is C11H13Cl2N5. The molecule has 0 aliphatic carbocycles. The molecule has 0 saturated carbocycles. The zero-order valence-electron chi connectivity index (χ0n) is 9.90. The predicted molar refractivity (Wildman–Crippen MR) is 71.9 cm³/mol. The van der Waals surface area contributed by atoms with Gasteiger partial charge in [0.15, 0.2) is 0 Å². The fraction of sp³-hybridized carbons (Fsp3) is 0.364. The number of hydrogen-bond donors (Lipinski definition) is 1. The van der Waals surface area contributed by atoms with Crippen LogP contribution in [-0.4, -0.2) is 20.2 Å². The average Bonchev–Trinajstić information content (AvgIpc) is 2.79. The molecule has 7 heteroatoms. The van der Waals surface area contributed by atoms with Crippen molar-refractivity contribution in [1.29, 1.82) is 0 Å². The van der Waals surface area contributed by atoms with Crippen molar-refractivity contribution < 1.29 is 0 Å². The summed E-state index contributed by atoms with van der Waals surface area (Å²) in [5.74, 6) is 0.632. The third-order valence-electron chi connectivity index (χ3n) is 2.44. The van der Waals surface area contributed by atoms with Gasteiger partial charge in [-0.15, -0.1) is 0 Å². The molecule has 0 amide bonds. The third kappa shape index (κ3) is 2.91. The van der Waals surface area contributed by atoms with E-state index >= 15 is 0 Å². The molecule has 0 aliphatic rings. The Morgan fingerprint density at radius 3 is 2.94 bits per heavy atom. The lowest BCUT2D eigenvalue weighted by Crippen LogP contribution is -2.09. The number of halogens is 2. The van der Waals surface area contributed by atoms with Gasteiger partial charge in [-0.1, -0.05) is 47.4 Å². The first kappa shape index (κ1) is 13.1. The highest BCUT2D eigenvalue weighted by Crippen LogP contribution is 2.25. The SMILES string of the molecule is CCCn1nnnc1NCc1cccc(Cl)c1Cl. The van der Waals surface area contributed by atoms with Gasteiger partial charge in [0.05, 0.1) is 10.0 Å². The first-order valence-corrected chi connectivity index (χ1v) is 6.41. The molecule has 1 aromatic carbocycles. The Morgan fingerprint density at radius 2 is 2.17 bits per heavy atom. The number of nitrogens with one attached hydrogen (secondary N) is 1. The van der Waals surface area contributed by atoms with E-state index in [1.165, 1.54) is 0 Å². The van der Waals surface area contributed by atoms with Crippen LogP contribution in [0.3, 0.4) is 0 Å². The number of aromatic nitrogens is 4. The molecule has 2 rings (SSSR count). The fourth-order valence-electron chi connectivity index (χ4n) is 1.55. The van der Waals surface area contributed by atoms with Gasteiger partial charge in [0, 0.05) is 13.1 Å². The summed E-state index contributed by atoms with van der Waals surface area (Å²) >= 11 is 12.1. The highest BCUT2D eigenvalue weighted by Gasteiger charge is 2.07. The van der Waals surface area contributed by atoms with E-state index in [4.69, 9.17) is 23.2 Å². The fourth-order valence-corrected chi connectivity index (χ4v) is 1.94. The maximum Gasteiger partial charge on any atom is 0.243 e. The molecule has 0 aliphatic heterocycles. The average molecular weight is 286 g/mol. The Hall–Kier alpha value is -1.33. The monoisotopic (exact) mass is 285 g/mol. The molecule has 0 spiro atoms. The van der Waals surface area contributed by atoms with E-state index < -0.39 is 0 Å². The number of aryl methyl sites for hydroxylation is 1. The summed E-state index contributed by atoms with van der Waals surface area (Å²) in [4.78, 5) is 0. The van der Waals surface area contributed by atoms with E-state index in [1.54, 1.807) is 10.7 Å². The summed E-state index contributed by atoms with van der Waals surface area (Å²) in [6.07, 6.45) is 0.970.